The number of carbonyl (C=O) groups is 1. The third-order valence-electron chi connectivity index (χ3n) is 5.68. The van der Waals surface area contributed by atoms with E-state index in [4.69, 9.17) is 4.74 Å². The number of anilines is 1. The SMILES string of the molecule is Br.COc1c(CC(F)(F)F)cc(C2=CC=C(C)CC2=O)c2ncc(-c3ccc(NS(C)(=O)=O)cc3)cc12. The fraction of sp³-hybridized carbons (Fsp3) is 0.231. The van der Waals surface area contributed by atoms with Crippen molar-refractivity contribution in [2.75, 3.05) is 18.1 Å². The maximum Gasteiger partial charge on any atom is 0.393 e. The summed E-state index contributed by atoms with van der Waals surface area (Å²) in [4.78, 5) is 17.3. The van der Waals surface area contributed by atoms with E-state index in [9.17, 15) is 26.4 Å². The van der Waals surface area contributed by atoms with Crippen LogP contribution < -0.4 is 9.46 Å². The highest BCUT2D eigenvalue weighted by atomic mass is 79.9. The molecule has 2 aromatic carbocycles. The number of pyridine rings is 1. The van der Waals surface area contributed by atoms with Crippen LogP contribution in [0.15, 0.2) is 60.3 Å². The van der Waals surface area contributed by atoms with Crippen molar-refractivity contribution in [3.05, 3.63) is 71.4 Å². The molecule has 1 N–H and O–H groups in total. The Balaban J connectivity index is 0.00000380. The Morgan fingerprint density at radius 2 is 1.76 bits per heavy atom. The molecule has 1 aromatic heterocycles. The lowest BCUT2D eigenvalue weighted by molar-refractivity contribution is -0.127. The summed E-state index contributed by atoms with van der Waals surface area (Å²) in [5.41, 5.74) is 3.35. The monoisotopic (exact) mass is 596 g/mol. The van der Waals surface area contributed by atoms with Gasteiger partial charge in [-0.1, -0.05) is 29.9 Å². The van der Waals surface area contributed by atoms with Crippen LogP contribution in [0.1, 0.15) is 24.5 Å². The van der Waals surface area contributed by atoms with E-state index in [1.807, 2.05) is 6.92 Å². The van der Waals surface area contributed by atoms with Gasteiger partial charge in [0.15, 0.2) is 5.78 Å². The molecule has 196 valence electrons. The third-order valence-corrected chi connectivity index (χ3v) is 6.29. The number of ether oxygens (including phenoxy) is 1. The van der Waals surface area contributed by atoms with Gasteiger partial charge in [-0.15, -0.1) is 17.0 Å². The second-order valence-electron chi connectivity index (χ2n) is 8.67. The quantitative estimate of drug-likeness (QED) is 0.362. The number of fused-ring (bicyclic) bond motifs is 1. The highest BCUT2D eigenvalue weighted by Gasteiger charge is 2.31. The second-order valence-corrected chi connectivity index (χ2v) is 10.4. The molecule has 0 unspecified atom stereocenters. The minimum Gasteiger partial charge on any atom is -0.496 e. The molecular weight excluding hydrogens is 573 g/mol. The zero-order valence-electron chi connectivity index (χ0n) is 20.1. The predicted molar refractivity (Wildman–Crippen MR) is 144 cm³/mol. The Bertz CT molecular complexity index is 1530. The number of aromatic nitrogens is 1. The Hall–Kier alpha value is -3.18. The molecule has 0 bridgehead atoms. The van der Waals surface area contributed by atoms with Gasteiger partial charge in [0.2, 0.25) is 10.0 Å². The van der Waals surface area contributed by atoms with Gasteiger partial charge in [-0.05, 0) is 36.8 Å². The van der Waals surface area contributed by atoms with Crippen molar-refractivity contribution >= 4 is 55.0 Å². The number of benzene rings is 2. The summed E-state index contributed by atoms with van der Waals surface area (Å²) < 4.78 is 71.1. The standard InChI is InChI=1S/C26H23F3N2O4S.BrH/c1-15-4-9-20(23(32)10-15)21-11-17(13-26(27,28)29)25(35-2)22-12-18(14-30-24(21)22)16-5-7-19(8-6-16)31-36(3,33)34;/h4-9,11-12,14,31H,10,13H2,1-3H3;1H. The van der Waals surface area contributed by atoms with Gasteiger partial charge in [-0.25, -0.2) is 8.42 Å². The molecule has 0 aliphatic heterocycles. The highest BCUT2D eigenvalue weighted by molar-refractivity contribution is 8.93. The Morgan fingerprint density at radius 3 is 2.32 bits per heavy atom. The summed E-state index contributed by atoms with van der Waals surface area (Å²) in [5.74, 6) is -0.161. The Kier molecular flexibility index (Phi) is 8.18. The van der Waals surface area contributed by atoms with E-state index in [2.05, 4.69) is 9.71 Å². The van der Waals surface area contributed by atoms with Crippen LogP contribution in [-0.2, 0) is 21.2 Å². The van der Waals surface area contributed by atoms with Gasteiger partial charge in [-0.2, -0.15) is 13.2 Å². The molecule has 1 aliphatic rings. The molecule has 11 heteroatoms. The number of hydrogen-bond acceptors (Lipinski definition) is 5. The largest absolute Gasteiger partial charge is 0.496 e. The van der Waals surface area contributed by atoms with Crippen LogP contribution in [0.25, 0.3) is 27.6 Å². The number of carbonyl (C=O) groups excluding carboxylic acids is 1. The van der Waals surface area contributed by atoms with Crippen LogP contribution in [0, 0.1) is 0 Å². The van der Waals surface area contributed by atoms with Crippen molar-refractivity contribution in [1.29, 1.82) is 0 Å². The normalized spacial score (nSPS) is 14.1. The summed E-state index contributed by atoms with van der Waals surface area (Å²) in [7, 11) is -2.15. The zero-order valence-corrected chi connectivity index (χ0v) is 22.7. The van der Waals surface area contributed by atoms with Crippen LogP contribution in [0.2, 0.25) is 0 Å². The number of hydrogen-bond donors (Lipinski definition) is 1. The fourth-order valence-corrected chi connectivity index (χ4v) is 4.76. The summed E-state index contributed by atoms with van der Waals surface area (Å²) >= 11 is 0. The lowest BCUT2D eigenvalue weighted by atomic mass is 9.88. The van der Waals surface area contributed by atoms with Crippen molar-refractivity contribution in [1.82, 2.24) is 4.98 Å². The number of sulfonamides is 1. The topological polar surface area (TPSA) is 85.4 Å². The van der Waals surface area contributed by atoms with Gasteiger partial charge < -0.3 is 4.74 Å². The van der Waals surface area contributed by atoms with Crippen LogP contribution in [0.5, 0.6) is 5.75 Å². The van der Waals surface area contributed by atoms with Gasteiger partial charge >= 0.3 is 6.18 Å². The van der Waals surface area contributed by atoms with Crippen molar-refractivity contribution in [3.8, 4) is 16.9 Å². The van der Waals surface area contributed by atoms with E-state index in [1.165, 1.54) is 13.2 Å². The van der Waals surface area contributed by atoms with Crippen LogP contribution in [-0.4, -0.2) is 38.7 Å². The van der Waals surface area contributed by atoms with Crippen LogP contribution in [0.4, 0.5) is 18.9 Å². The van der Waals surface area contributed by atoms with Gasteiger partial charge in [0.25, 0.3) is 0 Å². The first kappa shape index (κ1) is 28.4. The van der Waals surface area contributed by atoms with E-state index >= 15 is 0 Å². The third kappa shape index (κ3) is 6.58. The summed E-state index contributed by atoms with van der Waals surface area (Å²) in [6.07, 6.45) is 0.445. The van der Waals surface area contributed by atoms with E-state index in [-0.39, 0.29) is 40.5 Å². The first-order chi connectivity index (χ1) is 16.8. The van der Waals surface area contributed by atoms with Gasteiger partial charge in [-0.3, -0.25) is 14.5 Å². The smallest absolute Gasteiger partial charge is 0.393 e. The maximum atomic E-state index is 13.4. The number of nitrogens with zero attached hydrogens (tertiary/aromatic N) is 1. The maximum absolute atomic E-state index is 13.4. The number of methoxy groups -OCH3 is 1. The molecule has 37 heavy (non-hydrogen) atoms. The number of nitrogens with one attached hydrogen (secondary N) is 1. The van der Waals surface area contributed by atoms with Gasteiger partial charge in [0, 0.05) is 46.0 Å². The highest BCUT2D eigenvalue weighted by Crippen LogP contribution is 2.40. The van der Waals surface area contributed by atoms with Crippen molar-refractivity contribution in [2.24, 2.45) is 0 Å². The number of ketones is 1. The van der Waals surface area contributed by atoms with Gasteiger partial charge in [0.1, 0.15) is 5.75 Å². The molecule has 0 radical (unpaired) electrons. The molecule has 0 fully saturated rings. The van der Waals surface area contributed by atoms with Crippen molar-refractivity contribution in [2.45, 2.75) is 25.9 Å². The lowest BCUT2D eigenvalue weighted by Gasteiger charge is -2.19. The van der Waals surface area contributed by atoms with E-state index in [1.54, 1.807) is 48.7 Å². The zero-order chi connectivity index (χ0) is 26.3. The second kappa shape index (κ2) is 10.7. The number of alkyl halides is 3. The number of allylic oxidation sites excluding steroid dienone is 4. The van der Waals surface area contributed by atoms with Crippen LogP contribution in [0.3, 0.4) is 0 Å². The van der Waals surface area contributed by atoms with E-state index < -0.39 is 22.6 Å². The fourth-order valence-electron chi connectivity index (χ4n) is 4.20. The Labute approximate surface area is 223 Å². The molecule has 0 amide bonds. The van der Waals surface area contributed by atoms with Crippen molar-refractivity contribution in [3.63, 3.8) is 0 Å². The van der Waals surface area contributed by atoms with E-state index in [0.717, 1.165) is 11.8 Å². The number of rotatable bonds is 6. The van der Waals surface area contributed by atoms with E-state index in [0.29, 0.717) is 38.9 Å². The number of Topliss-reactive ketones (excluding diaryl/α,β-unsaturated/α-hetero) is 1. The van der Waals surface area contributed by atoms with Crippen molar-refractivity contribution < 1.29 is 31.1 Å². The molecule has 0 saturated heterocycles. The average molecular weight is 597 g/mol. The molecule has 1 aliphatic carbocycles. The first-order valence-electron chi connectivity index (χ1n) is 10.9. The minimum absolute atomic E-state index is 0. The number of halogens is 4. The first-order valence-corrected chi connectivity index (χ1v) is 12.8. The average Bonchev–Trinajstić information content (AvgIpc) is 2.77. The molecule has 0 spiro atoms. The van der Waals surface area contributed by atoms with Gasteiger partial charge in [0.05, 0.1) is 25.3 Å². The summed E-state index contributed by atoms with van der Waals surface area (Å²) in [6, 6.07) is 9.49. The molecule has 1 heterocycles. The molecule has 6 nitrogen and oxygen atoms in total. The molecule has 4 rings (SSSR count). The molecule has 3 aromatic rings. The molecule has 0 atom stereocenters. The lowest BCUT2D eigenvalue weighted by Crippen LogP contribution is -2.14. The molecular formula is C26H24BrF3N2O4S. The predicted octanol–water partition coefficient (Wildman–Crippen LogP) is 6.27. The summed E-state index contributed by atoms with van der Waals surface area (Å²) in [6.45, 7) is 1.81. The molecule has 0 saturated carbocycles. The Morgan fingerprint density at radius 1 is 1.08 bits per heavy atom. The summed E-state index contributed by atoms with van der Waals surface area (Å²) in [5, 5.41) is 0.338. The van der Waals surface area contributed by atoms with Crippen LogP contribution >= 0.6 is 17.0 Å². The minimum atomic E-state index is -4.49.